The third-order valence-electron chi connectivity index (χ3n) is 1.87. The Morgan fingerprint density at radius 1 is 1.40 bits per heavy atom. The highest BCUT2D eigenvalue weighted by atomic mass is 35.5. The first-order valence-electron chi connectivity index (χ1n) is 4.09. The van der Waals surface area contributed by atoms with Crippen molar-refractivity contribution in [2.24, 2.45) is 0 Å². The van der Waals surface area contributed by atoms with E-state index in [0.29, 0.717) is 11.3 Å². The Labute approximate surface area is 91.7 Å². The molecular formula is C9H10ClNO4. The van der Waals surface area contributed by atoms with Gasteiger partial charge in [0, 0.05) is 11.9 Å². The van der Waals surface area contributed by atoms with E-state index >= 15 is 0 Å². The molecule has 0 unspecified atom stereocenters. The molecule has 0 radical (unpaired) electrons. The number of methoxy groups -OCH3 is 2. The summed E-state index contributed by atoms with van der Waals surface area (Å²) in [5, 5.41) is 10.7. The van der Waals surface area contributed by atoms with Crippen LogP contribution in [0.3, 0.4) is 0 Å². The van der Waals surface area contributed by atoms with E-state index in [9.17, 15) is 10.1 Å². The molecule has 0 saturated heterocycles. The molecule has 0 aliphatic heterocycles. The fourth-order valence-electron chi connectivity index (χ4n) is 1.21. The lowest BCUT2D eigenvalue weighted by Crippen LogP contribution is -1.98. The number of rotatable bonds is 4. The molecule has 1 aromatic carbocycles. The third kappa shape index (κ3) is 2.30. The average molecular weight is 232 g/mol. The second-order valence-electron chi connectivity index (χ2n) is 2.74. The first kappa shape index (κ1) is 11.6. The van der Waals surface area contributed by atoms with E-state index in [0.717, 1.165) is 0 Å². The normalized spacial score (nSPS) is 9.80. The number of ether oxygens (including phenoxy) is 2. The summed E-state index contributed by atoms with van der Waals surface area (Å²) in [6.07, 6.45) is 0. The molecule has 1 rings (SSSR count). The SMILES string of the molecule is COc1cc(CCl)cc([N+](=O)[O-])c1OC. The second-order valence-corrected chi connectivity index (χ2v) is 3.01. The Morgan fingerprint density at radius 3 is 2.47 bits per heavy atom. The second kappa shape index (κ2) is 4.84. The Morgan fingerprint density at radius 2 is 2.07 bits per heavy atom. The van der Waals surface area contributed by atoms with Gasteiger partial charge in [0.15, 0.2) is 5.75 Å². The van der Waals surface area contributed by atoms with Gasteiger partial charge in [-0.05, 0) is 11.6 Å². The first-order chi connectivity index (χ1) is 7.13. The molecule has 0 aliphatic rings. The minimum absolute atomic E-state index is 0.108. The predicted octanol–water partition coefficient (Wildman–Crippen LogP) is 2.35. The van der Waals surface area contributed by atoms with Gasteiger partial charge in [0.05, 0.1) is 19.1 Å². The molecular weight excluding hydrogens is 222 g/mol. The molecule has 0 spiro atoms. The Kier molecular flexibility index (Phi) is 3.74. The molecule has 0 heterocycles. The molecule has 0 atom stereocenters. The zero-order valence-corrected chi connectivity index (χ0v) is 9.08. The Bertz CT molecular complexity index is 381. The fraction of sp³-hybridized carbons (Fsp3) is 0.333. The van der Waals surface area contributed by atoms with E-state index < -0.39 is 4.92 Å². The van der Waals surface area contributed by atoms with Crippen molar-refractivity contribution in [2.45, 2.75) is 5.88 Å². The van der Waals surface area contributed by atoms with E-state index in [-0.39, 0.29) is 17.3 Å². The van der Waals surface area contributed by atoms with Gasteiger partial charge in [-0.1, -0.05) is 0 Å². The summed E-state index contributed by atoms with van der Waals surface area (Å²) in [6.45, 7) is 0. The molecule has 82 valence electrons. The maximum absolute atomic E-state index is 10.7. The first-order valence-corrected chi connectivity index (χ1v) is 4.62. The van der Waals surface area contributed by atoms with Gasteiger partial charge in [-0.15, -0.1) is 11.6 Å². The minimum atomic E-state index is -0.530. The van der Waals surface area contributed by atoms with Crippen LogP contribution in [-0.2, 0) is 5.88 Å². The smallest absolute Gasteiger partial charge is 0.315 e. The zero-order chi connectivity index (χ0) is 11.4. The van der Waals surface area contributed by atoms with E-state index in [4.69, 9.17) is 21.1 Å². The van der Waals surface area contributed by atoms with E-state index in [2.05, 4.69) is 0 Å². The lowest BCUT2D eigenvalue weighted by Gasteiger charge is -2.08. The third-order valence-corrected chi connectivity index (χ3v) is 2.18. The van der Waals surface area contributed by atoms with E-state index in [1.807, 2.05) is 0 Å². The van der Waals surface area contributed by atoms with E-state index in [1.54, 1.807) is 6.07 Å². The standard InChI is InChI=1S/C9H10ClNO4/c1-14-8-4-6(5-10)3-7(11(12)13)9(8)15-2/h3-4H,5H2,1-2H3. The molecule has 0 bridgehead atoms. The lowest BCUT2D eigenvalue weighted by molar-refractivity contribution is -0.385. The van der Waals surface area contributed by atoms with Crippen LogP contribution in [0.25, 0.3) is 0 Å². The summed E-state index contributed by atoms with van der Waals surface area (Å²) in [7, 11) is 2.77. The summed E-state index contributed by atoms with van der Waals surface area (Å²) in [5.74, 6) is 0.597. The number of halogens is 1. The summed E-state index contributed by atoms with van der Waals surface area (Å²) in [6, 6.07) is 2.98. The van der Waals surface area contributed by atoms with Crippen molar-refractivity contribution in [1.29, 1.82) is 0 Å². The van der Waals surface area contributed by atoms with Crippen molar-refractivity contribution in [2.75, 3.05) is 14.2 Å². The molecule has 6 heteroatoms. The molecule has 0 aromatic heterocycles. The quantitative estimate of drug-likeness (QED) is 0.453. The zero-order valence-electron chi connectivity index (χ0n) is 8.32. The number of benzene rings is 1. The monoisotopic (exact) mass is 231 g/mol. The van der Waals surface area contributed by atoms with Crippen molar-refractivity contribution >= 4 is 17.3 Å². The highest BCUT2D eigenvalue weighted by Crippen LogP contribution is 2.38. The summed E-state index contributed by atoms with van der Waals surface area (Å²) in [5.41, 5.74) is 0.466. The fourth-order valence-corrected chi connectivity index (χ4v) is 1.37. The number of nitrogens with zero attached hydrogens (tertiary/aromatic N) is 1. The molecule has 0 amide bonds. The molecule has 5 nitrogen and oxygen atoms in total. The highest BCUT2D eigenvalue weighted by Gasteiger charge is 2.20. The van der Waals surface area contributed by atoms with Crippen molar-refractivity contribution in [3.05, 3.63) is 27.8 Å². The van der Waals surface area contributed by atoms with Gasteiger partial charge < -0.3 is 9.47 Å². The van der Waals surface area contributed by atoms with E-state index in [1.165, 1.54) is 20.3 Å². The van der Waals surface area contributed by atoms with Crippen LogP contribution in [0.15, 0.2) is 12.1 Å². The average Bonchev–Trinajstić information content (AvgIpc) is 2.26. The summed E-state index contributed by atoms with van der Waals surface area (Å²) < 4.78 is 9.90. The summed E-state index contributed by atoms with van der Waals surface area (Å²) >= 11 is 5.61. The lowest BCUT2D eigenvalue weighted by atomic mass is 10.2. The summed E-state index contributed by atoms with van der Waals surface area (Å²) in [4.78, 5) is 10.2. The van der Waals surface area contributed by atoms with Crippen LogP contribution in [-0.4, -0.2) is 19.1 Å². The maximum atomic E-state index is 10.7. The molecule has 0 N–H and O–H groups in total. The number of nitro benzene ring substituents is 1. The largest absolute Gasteiger partial charge is 0.493 e. The highest BCUT2D eigenvalue weighted by molar-refractivity contribution is 6.17. The topological polar surface area (TPSA) is 61.6 Å². The van der Waals surface area contributed by atoms with Crippen LogP contribution in [0.1, 0.15) is 5.56 Å². The van der Waals surface area contributed by atoms with Crippen LogP contribution >= 0.6 is 11.6 Å². The predicted molar refractivity (Wildman–Crippen MR) is 55.8 cm³/mol. The van der Waals surface area contributed by atoms with Gasteiger partial charge in [-0.3, -0.25) is 10.1 Å². The van der Waals surface area contributed by atoms with Gasteiger partial charge in [-0.25, -0.2) is 0 Å². The molecule has 0 aliphatic carbocycles. The number of nitro groups is 1. The molecule has 0 fully saturated rings. The number of hydrogen-bond donors (Lipinski definition) is 0. The van der Waals surface area contributed by atoms with Crippen LogP contribution in [0, 0.1) is 10.1 Å². The molecule has 0 saturated carbocycles. The van der Waals surface area contributed by atoms with Gasteiger partial charge in [0.25, 0.3) is 0 Å². The van der Waals surface area contributed by atoms with Gasteiger partial charge in [0.2, 0.25) is 5.75 Å². The van der Waals surface area contributed by atoms with Crippen LogP contribution in [0.4, 0.5) is 5.69 Å². The van der Waals surface area contributed by atoms with Crippen LogP contribution in [0.5, 0.6) is 11.5 Å². The van der Waals surface area contributed by atoms with Crippen molar-refractivity contribution in [3.8, 4) is 11.5 Å². The van der Waals surface area contributed by atoms with Crippen LogP contribution < -0.4 is 9.47 Å². The van der Waals surface area contributed by atoms with Crippen LogP contribution in [0.2, 0.25) is 0 Å². The van der Waals surface area contributed by atoms with Crippen molar-refractivity contribution < 1.29 is 14.4 Å². The Balaban J connectivity index is 3.39. The van der Waals surface area contributed by atoms with Gasteiger partial charge in [-0.2, -0.15) is 0 Å². The number of hydrogen-bond acceptors (Lipinski definition) is 4. The van der Waals surface area contributed by atoms with Crippen molar-refractivity contribution in [3.63, 3.8) is 0 Å². The van der Waals surface area contributed by atoms with Crippen molar-refractivity contribution in [1.82, 2.24) is 0 Å². The maximum Gasteiger partial charge on any atom is 0.315 e. The molecule has 15 heavy (non-hydrogen) atoms. The Hall–Kier alpha value is -1.49. The minimum Gasteiger partial charge on any atom is -0.493 e. The molecule has 1 aromatic rings. The number of alkyl halides is 1. The van der Waals surface area contributed by atoms with Gasteiger partial charge in [0.1, 0.15) is 0 Å². The van der Waals surface area contributed by atoms with Gasteiger partial charge >= 0.3 is 5.69 Å².